The van der Waals surface area contributed by atoms with Crippen LogP contribution in [0.3, 0.4) is 0 Å². The minimum absolute atomic E-state index is 0.124. The molecule has 2 fully saturated rings. The molecule has 2 nitrogen and oxygen atoms in total. The fraction of sp³-hybridized carbons (Fsp3) is 0.818. The van der Waals surface area contributed by atoms with Gasteiger partial charge in [0.05, 0.1) is 5.71 Å². The van der Waals surface area contributed by atoms with Crippen LogP contribution < -0.4 is 0 Å². The second-order valence-electron chi connectivity index (χ2n) is 5.08. The molecule has 0 heterocycles. The van der Waals surface area contributed by atoms with Gasteiger partial charge in [-0.25, -0.2) is 0 Å². The van der Waals surface area contributed by atoms with Crippen molar-refractivity contribution in [3.63, 3.8) is 0 Å². The van der Waals surface area contributed by atoms with Gasteiger partial charge >= 0.3 is 0 Å². The van der Waals surface area contributed by atoms with Crippen LogP contribution in [0.2, 0.25) is 0 Å². The smallest absolute Gasteiger partial charge is 0.183 e. The van der Waals surface area contributed by atoms with Crippen LogP contribution in [0.15, 0.2) is 4.99 Å². The number of carbonyl (C=O) groups is 1. The van der Waals surface area contributed by atoms with Crippen LogP contribution in [-0.4, -0.2) is 18.5 Å². The maximum absolute atomic E-state index is 12.0. The van der Waals surface area contributed by atoms with Crippen molar-refractivity contribution in [1.82, 2.24) is 0 Å². The zero-order valence-electron chi connectivity index (χ0n) is 8.85. The molecule has 2 aliphatic carbocycles. The molecule has 2 saturated carbocycles. The first-order valence-electron chi connectivity index (χ1n) is 4.96. The van der Waals surface area contributed by atoms with E-state index >= 15 is 0 Å². The second-order valence-corrected chi connectivity index (χ2v) is 5.08. The Morgan fingerprint density at radius 2 is 2.00 bits per heavy atom. The zero-order valence-corrected chi connectivity index (χ0v) is 8.85. The van der Waals surface area contributed by atoms with Gasteiger partial charge in [0.15, 0.2) is 5.78 Å². The van der Waals surface area contributed by atoms with E-state index in [0.717, 1.165) is 18.6 Å². The molecular weight excluding hydrogens is 162 g/mol. The lowest BCUT2D eigenvalue weighted by Gasteiger charge is -2.31. The Hall–Kier alpha value is -0.660. The predicted molar refractivity (Wildman–Crippen MR) is 53.0 cm³/mol. The first-order valence-corrected chi connectivity index (χ1v) is 4.96. The minimum Gasteiger partial charge on any atom is -0.292 e. The summed E-state index contributed by atoms with van der Waals surface area (Å²) in [6, 6.07) is 0. The van der Waals surface area contributed by atoms with Crippen LogP contribution in [0, 0.1) is 16.7 Å². The lowest BCUT2D eigenvalue weighted by atomic mass is 9.70. The third-order valence-electron chi connectivity index (χ3n) is 4.53. The van der Waals surface area contributed by atoms with E-state index in [9.17, 15) is 4.79 Å². The lowest BCUT2D eigenvalue weighted by Crippen LogP contribution is -2.33. The van der Waals surface area contributed by atoms with Crippen molar-refractivity contribution in [3.05, 3.63) is 0 Å². The van der Waals surface area contributed by atoms with Crippen LogP contribution in [-0.2, 0) is 4.79 Å². The number of carbonyl (C=O) groups excluding carboxylic acids is 1. The van der Waals surface area contributed by atoms with E-state index < -0.39 is 0 Å². The second kappa shape index (κ2) is 2.23. The van der Waals surface area contributed by atoms with Crippen molar-refractivity contribution in [2.45, 2.75) is 33.6 Å². The third-order valence-corrected chi connectivity index (χ3v) is 4.53. The van der Waals surface area contributed by atoms with Gasteiger partial charge in [0.1, 0.15) is 0 Å². The van der Waals surface area contributed by atoms with Crippen LogP contribution in [0.4, 0.5) is 0 Å². The quantitative estimate of drug-likeness (QED) is 0.560. The molecule has 0 radical (unpaired) electrons. The van der Waals surface area contributed by atoms with Gasteiger partial charge in [0.2, 0.25) is 0 Å². The average molecular weight is 179 g/mol. The molecule has 0 saturated heterocycles. The van der Waals surface area contributed by atoms with Crippen molar-refractivity contribution in [1.29, 1.82) is 0 Å². The Labute approximate surface area is 79.4 Å². The Bertz CT molecular complexity index is 303. The Morgan fingerprint density at radius 3 is 2.31 bits per heavy atom. The van der Waals surface area contributed by atoms with Gasteiger partial charge in [-0.3, -0.25) is 9.79 Å². The van der Waals surface area contributed by atoms with Gasteiger partial charge < -0.3 is 0 Å². The first-order chi connectivity index (χ1) is 5.95. The summed E-state index contributed by atoms with van der Waals surface area (Å²) in [6.07, 6.45) is 2.18. The maximum atomic E-state index is 12.0. The van der Waals surface area contributed by atoms with Crippen LogP contribution >= 0.6 is 0 Å². The highest BCUT2D eigenvalue weighted by atomic mass is 16.1. The molecule has 0 aromatic carbocycles. The number of rotatable bonds is 0. The zero-order chi connectivity index (χ0) is 9.85. The first kappa shape index (κ1) is 8.92. The maximum Gasteiger partial charge on any atom is 0.183 e. The van der Waals surface area contributed by atoms with E-state index in [-0.39, 0.29) is 10.8 Å². The van der Waals surface area contributed by atoms with E-state index in [4.69, 9.17) is 0 Å². The number of hydrogen-bond donors (Lipinski definition) is 0. The van der Waals surface area contributed by atoms with E-state index in [2.05, 4.69) is 25.8 Å². The molecule has 2 atom stereocenters. The summed E-state index contributed by atoms with van der Waals surface area (Å²) in [5.41, 5.74) is 0.838. The lowest BCUT2D eigenvalue weighted by molar-refractivity contribution is -0.123. The molecule has 0 amide bonds. The van der Waals surface area contributed by atoms with Crippen LogP contribution in [0.5, 0.6) is 0 Å². The van der Waals surface area contributed by atoms with E-state index in [0.29, 0.717) is 11.7 Å². The molecule has 0 N–H and O–H groups in total. The van der Waals surface area contributed by atoms with Crippen molar-refractivity contribution in [2.24, 2.45) is 21.7 Å². The summed E-state index contributed by atoms with van der Waals surface area (Å²) in [6.45, 7) is 6.52. The molecule has 0 spiro atoms. The van der Waals surface area contributed by atoms with Crippen molar-refractivity contribution in [2.75, 3.05) is 7.05 Å². The minimum atomic E-state index is -0.132. The standard InChI is InChI=1S/C11H17NO/c1-10(2)7-5-6-11(10,3)9(13)8(7)12-4/h7H,5-6H2,1-4H3/t7-,11+/m1/s1. The molecule has 2 aliphatic rings. The number of nitrogens with zero attached hydrogens (tertiary/aromatic N) is 1. The SMILES string of the molecule is CN=C1C(=O)[C@]2(C)CC[C@H]1C2(C)C. The molecule has 0 aromatic heterocycles. The summed E-state index contributed by atoms with van der Waals surface area (Å²) in [7, 11) is 1.74. The van der Waals surface area contributed by atoms with E-state index in [1.165, 1.54) is 0 Å². The molecule has 0 unspecified atom stereocenters. The van der Waals surface area contributed by atoms with Crippen LogP contribution in [0.25, 0.3) is 0 Å². The Kier molecular flexibility index (Phi) is 1.53. The predicted octanol–water partition coefficient (Wildman–Crippen LogP) is 2.08. The molecule has 0 aliphatic heterocycles. The van der Waals surface area contributed by atoms with Gasteiger partial charge in [0, 0.05) is 18.4 Å². The molecule has 2 heteroatoms. The van der Waals surface area contributed by atoms with Crippen molar-refractivity contribution >= 4 is 11.5 Å². The molecule has 2 bridgehead atoms. The third kappa shape index (κ3) is 0.749. The van der Waals surface area contributed by atoms with Gasteiger partial charge in [-0.15, -0.1) is 0 Å². The summed E-state index contributed by atoms with van der Waals surface area (Å²) in [5.74, 6) is 0.714. The van der Waals surface area contributed by atoms with Gasteiger partial charge in [0.25, 0.3) is 0 Å². The summed E-state index contributed by atoms with van der Waals surface area (Å²) in [5, 5.41) is 0. The molecule has 72 valence electrons. The topological polar surface area (TPSA) is 29.4 Å². The Balaban J connectivity index is 2.57. The number of ketones is 1. The van der Waals surface area contributed by atoms with Crippen LogP contribution in [0.1, 0.15) is 33.6 Å². The number of fused-ring (bicyclic) bond motifs is 2. The van der Waals surface area contributed by atoms with Gasteiger partial charge in [-0.1, -0.05) is 20.8 Å². The van der Waals surface area contributed by atoms with Gasteiger partial charge in [-0.2, -0.15) is 0 Å². The highest BCUT2D eigenvalue weighted by Gasteiger charge is 2.64. The molecular formula is C11H17NO. The average Bonchev–Trinajstić information content (AvgIpc) is 2.36. The number of hydrogen-bond acceptors (Lipinski definition) is 2. The molecule has 2 rings (SSSR count). The summed E-state index contributed by atoms with van der Waals surface area (Å²) < 4.78 is 0. The normalized spacial score (nSPS) is 44.8. The monoisotopic (exact) mass is 179 g/mol. The van der Waals surface area contributed by atoms with E-state index in [1.807, 2.05) is 0 Å². The van der Waals surface area contributed by atoms with E-state index in [1.54, 1.807) is 7.05 Å². The highest BCUT2D eigenvalue weighted by Crippen LogP contribution is 2.62. The summed E-state index contributed by atoms with van der Waals surface area (Å²) in [4.78, 5) is 16.2. The number of aliphatic imine (C=N–C) groups is 1. The fourth-order valence-electron chi connectivity index (χ4n) is 3.08. The largest absolute Gasteiger partial charge is 0.292 e. The Morgan fingerprint density at radius 1 is 1.38 bits per heavy atom. The fourth-order valence-corrected chi connectivity index (χ4v) is 3.08. The van der Waals surface area contributed by atoms with Gasteiger partial charge in [-0.05, 0) is 18.3 Å². The molecule has 0 aromatic rings. The number of Topliss-reactive ketones (excluding diaryl/α,β-unsaturated/α-hetero) is 1. The van der Waals surface area contributed by atoms with Crippen molar-refractivity contribution in [3.8, 4) is 0 Å². The summed E-state index contributed by atoms with van der Waals surface area (Å²) >= 11 is 0. The highest BCUT2D eigenvalue weighted by molar-refractivity contribution is 6.45. The molecule has 13 heavy (non-hydrogen) atoms. The van der Waals surface area contributed by atoms with Crippen molar-refractivity contribution < 1.29 is 4.79 Å².